The molecule has 5 nitrogen and oxygen atoms in total. The molecule has 1 aliphatic rings. The zero-order chi connectivity index (χ0) is 15.0. The lowest BCUT2D eigenvalue weighted by molar-refractivity contribution is 0.0695. The van der Waals surface area contributed by atoms with Crippen molar-refractivity contribution in [1.29, 1.82) is 0 Å². The van der Waals surface area contributed by atoms with Gasteiger partial charge in [0.05, 0.1) is 0 Å². The van der Waals surface area contributed by atoms with Crippen LogP contribution in [0.1, 0.15) is 30.1 Å². The number of hydrogen-bond acceptors (Lipinski definition) is 3. The number of fused-ring (bicyclic) bond motifs is 1. The Morgan fingerprint density at radius 2 is 2.05 bits per heavy atom. The van der Waals surface area contributed by atoms with Crippen molar-refractivity contribution in [2.45, 2.75) is 19.8 Å². The molecule has 2 aromatic rings. The van der Waals surface area contributed by atoms with E-state index in [2.05, 4.69) is 11.9 Å². The van der Waals surface area contributed by atoms with E-state index >= 15 is 0 Å². The number of pyridine rings is 2. The fraction of sp³-hybridized carbons (Fsp3) is 0.438. The Kier molecular flexibility index (Phi) is 3.49. The number of likely N-dealkylation sites (tertiary alicyclic amines) is 1. The first-order valence-corrected chi connectivity index (χ1v) is 7.32. The smallest absolute Gasteiger partial charge is 0.264 e. The average Bonchev–Trinajstić information content (AvgIpc) is 2.51. The van der Waals surface area contributed by atoms with Crippen LogP contribution in [-0.4, -0.2) is 33.4 Å². The van der Waals surface area contributed by atoms with E-state index in [1.54, 1.807) is 24.2 Å². The van der Waals surface area contributed by atoms with E-state index in [1.165, 1.54) is 4.57 Å². The van der Waals surface area contributed by atoms with Gasteiger partial charge in [-0.3, -0.25) is 14.2 Å². The van der Waals surface area contributed by atoms with Gasteiger partial charge in [0, 0.05) is 31.7 Å². The number of aryl methyl sites for hydroxylation is 1. The number of amides is 1. The molecule has 0 unspecified atom stereocenters. The average molecular weight is 285 g/mol. The zero-order valence-corrected chi connectivity index (χ0v) is 12.4. The number of hydrogen-bond donors (Lipinski definition) is 0. The van der Waals surface area contributed by atoms with Crippen molar-refractivity contribution in [3.63, 3.8) is 0 Å². The minimum Gasteiger partial charge on any atom is -0.338 e. The third kappa shape index (κ3) is 2.44. The lowest BCUT2D eigenvalue weighted by atomic mass is 9.98. The van der Waals surface area contributed by atoms with Crippen LogP contribution in [-0.2, 0) is 7.05 Å². The van der Waals surface area contributed by atoms with Gasteiger partial charge in [0.1, 0.15) is 11.2 Å². The Morgan fingerprint density at radius 1 is 1.33 bits per heavy atom. The molecule has 2 aromatic heterocycles. The predicted octanol–water partition coefficient (Wildman–Crippen LogP) is 1.81. The van der Waals surface area contributed by atoms with Gasteiger partial charge in [-0.1, -0.05) is 6.92 Å². The van der Waals surface area contributed by atoms with E-state index in [4.69, 9.17) is 0 Å². The molecule has 0 N–H and O–H groups in total. The molecule has 0 atom stereocenters. The maximum absolute atomic E-state index is 12.6. The topological polar surface area (TPSA) is 55.2 Å². The van der Waals surface area contributed by atoms with Crippen LogP contribution < -0.4 is 5.56 Å². The van der Waals surface area contributed by atoms with Crippen molar-refractivity contribution in [2.24, 2.45) is 13.0 Å². The summed E-state index contributed by atoms with van der Waals surface area (Å²) in [5.74, 6) is 0.492. The van der Waals surface area contributed by atoms with Crippen LogP contribution >= 0.6 is 0 Å². The molecule has 0 aliphatic carbocycles. The maximum atomic E-state index is 12.6. The Hall–Kier alpha value is -2.17. The quantitative estimate of drug-likeness (QED) is 0.803. The molecule has 1 aliphatic heterocycles. The summed E-state index contributed by atoms with van der Waals surface area (Å²) in [5, 5.41) is 0.813. The van der Waals surface area contributed by atoms with Crippen molar-refractivity contribution in [3.05, 3.63) is 40.3 Å². The molecule has 3 rings (SSSR count). The molecule has 0 aromatic carbocycles. The molecule has 3 heterocycles. The van der Waals surface area contributed by atoms with Crippen molar-refractivity contribution in [3.8, 4) is 0 Å². The van der Waals surface area contributed by atoms with Gasteiger partial charge in [-0.25, -0.2) is 4.98 Å². The van der Waals surface area contributed by atoms with Crippen LogP contribution in [0.5, 0.6) is 0 Å². The Labute approximate surface area is 123 Å². The lowest BCUT2D eigenvalue weighted by Gasteiger charge is -2.30. The van der Waals surface area contributed by atoms with Crippen LogP contribution in [0.4, 0.5) is 0 Å². The summed E-state index contributed by atoms with van der Waals surface area (Å²) in [6.07, 6.45) is 3.65. The summed E-state index contributed by atoms with van der Waals surface area (Å²) >= 11 is 0. The van der Waals surface area contributed by atoms with Crippen LogP contribution in [0.15, 0.2) is 29.2 Å². The molecule has 1 amide bonds. The van der Waals surface area contributed by atoms with Gasteiger partial charge in [0.25, 0.3) is 11.5 Å². The monoisotopic (exact) mass is 285 g/mol. The standard InChI is InChI=1S/C16H19N3O2/c1-11-5-8-19(9-6-11)16(21)13-10-12-4-3-7-17-14(12)18(2)15(13)20/h3-4,7,10-11H,5-6,8-9H2,1-2H3. The second-order valence-electron chi connectivity index (χ2n) is 5.81. The fourth-order valence-corrected chi connectivity index (χ4v) is 2.83. The predicted molar refractivity (Wildman–Crippen MR) is 81.3 cm³/mol. The molecule has 1 fully saturated rings. The summed E-state index contributed by atoms with van der Waals surface area (Å²) < 4.78 is 1.45. The number of rotatable bonds is 1. The summed E-state index contributed by atoms with van der Waals surface area (Å²) in [4.78, 5) is 31.0. The molecule has 1 saturated heterocycles. The van der Waals surface area contributed by atoms with Gasteiger partial charge in [0.15, 0.2) is 0 Å². The number of nitrogens with zero attached hydrogens (tertiary/aromatic N) is 3. The highest BCUT2D eigenvalue weighted by atomic mass is 16.2. The normalized spacial score (nSPS) is 16.4. The first-order chi connectivity index (χ1) is 10.1. The van der Waals surface area contributed by atoms with Gasteiger partial charge in [-0.05, 0) is 37.0 Å². The summed E-state index contributed by atoms with van der Waals surface area (Å²) in [5.41, 5.74) is 0.573. The minimum atomic E-state index is -0.273. The molecule has 0 saturated carbocycles. The second-order valence-corrected chi connectivity index (χ2v) is 5.81. The maximum Gasteiger partial charge on any atom is 0.264 e. The van der Waals surface area contributed by atoms with E-state index in [0.29, 0.717) is 11.6 Å². The number of carbonyl (C=O) groups is 1. The van der Waals surface area contributed by atoms with Gasteiger partial charge < -0.3 is 4.90 Å². The summed E-state index contributed by atoms with van der Waals surface area (Å²) in [7, 11) is 1.66. The van der Waals surface area contributed by atoms with Gasteiger partial charge in [-0.2, -0.15) is 0 Å². The fourth-order valence-electron chi connectivity index (χ4n) is 2.83. The molecule has 5 heteroatoms. The van der Waals surface area contributed by atoms with Crippen LogP contribution in [0.3, 0.4) is 0 Å². The second kappa shape index (κ2) is 5.31. The summed E-state index contributed by atoms with van der Waals surface area (Å²) in [6.45, 7) is 3.66. The largest absolute Gasteiger partial charge is 0.338 e. The van der Waals surface area contributed by atoms with Crippen molar-refractivity contribution in [2.75, 3.05) is 13.1 Å². The molecule has 0 radical (unpaired) electrons. The van der Waals surface area contributed by atoms with E-state index in [9.17, 15) is 9.59 Å². The van der Waals surface area contributed by atoms with Crippen molar-refractivity contribution >= 4 is 16.9 Å². The first kappa shape index (κ1) is 13.8. The summed E-state index contributed by atoms with van der Waals surface area (Å²) in [6, 6.07) is 5.35. The number of carbonyl (C=O) groups excluding carboxylic acids is 1. The number of aromatic nitrogens is 2. The molecule has 0 bridgehead atoms. The van der Waals surface area contributed by atoms with Crippen LogP contribution in [0, 0.1) is 5.92 Å². The SMILES string of the molecule is CC1CCN(C(=O)c2cc3cccnc3n(C)c2=O)CC1. The Bertz CT molecular complexity index is 743. The third-order valence-corrected chi connectivity index (χ3v) is 4.27. The van der Waals surface area contributed by atoms with Gasteiger partial charge >= 0.3 is 0 Å². The van der Waals surface area contributed by atoms with E-state index < -0.39 is 0 Å². The molecular formula is C16H19N3O2. The van der Waals surface area contributed by atoms with Crippen molar-refractivity contribution < 1.29 is 4.79 Å². The van der Waals surface area contributed by atoms with Crippen LogP contribution in [0.25, 0.3) is 11.0 Å². The molecule has 21 heavy (non-hydrogen) atoms. The van der Waals surface area contributed by atoms with Gasteiger partial charge in [0.2, 0.25) is 0 Å². The molecule has 110 valence electrons. The highest BCUT2D eigenvalue weighted by molar-refractivity contribution is 5.96. The van der Waals surface area contributed by atoms with E-state index in [-0.39, 0.29) is 17.0 Å². The van der Waals surface area contributed by atoms with Crippen molar-refractivity contribution in [1.82, 2.24) is 14.5 Å². The minimum absolute atomic E-state index is 0.159. The number of piperidine rings is 1. The molecule has 0 spiro atoms. The first-order valence-electron chi connectivity index (χ1n) is 7.32. The highest BCUT2D eigenvalue weighted by Gasteiger charge is 2.24. The zero-order valence-electron chi connectivity index (χ0n) is 12.4. The third-order valence-electron chi connectivity index (χ3n) is 4.27. The van der Waals surface area contributed by atoms with E-state index in [1.807, 2.05) is 12.1 Å². The molecular weight excluding hydrogens is 266 g/mol. The van der Waals surface area contributed by atoms with Gasteiger partial charge in [-0.15, -0.1) is 0 Å². The Balaban J connectivity index is 2.02. The van der Waals surface area contributed by atoms with Crippen LogP contribution in [0.2, 0.25) is 0 Å². The van der Waals surface area contributed by atoms with E-state index in [0.717, 1.165) is 31.3 Å². The highest BCUT2D eigenvalue weighted by Crippen LogP contribution is 2.18. The Morgan fingerprint density at radius 3 is 2.76 bits per heavy atom. The lowest BCUT2D eigenvalue weighted by Crippen LogP contribution is -2.41.